The molecule has 0 atom stereocenters. The molecule has 0 saturated heterocycles. The Kier molecular flexibility index (Phi) is 7.68. The van der Waals surface area contributed by atoms with Crippen molar-refractivity contribution in [3.63, 3.8) is 0 Å². The predicted molar refractivity (Wildman–Crippen MR) is 105 cm³/mol. The fraction of sp³-hybridized carbons (Fsp3) is 0.158. The molecule has 0 spiro atoms. The Morgan fingerprint density at radius 2 is 1.74 bits per heavy atom. The Bertz CT molecular complexity index is 863. The van der Waals surface area contributed by atoms with Crippen molar-refractivity contribution in [2.75, 3.05) is 14.2 Å². The van der Waals surface area contributed by atoms with Gasteiger partial charge >= 0.3 is 5.97 Å². The van der Waals surface area contributed by atoms with Crippen LogP contribution in [0.1, 0.15) is 18.1 Å². The minimum Gasteiger partial charge on any atom is -0.504 e. The van der Waals surface area contributed by atoms with Crippen LogP contribution in [0, 0.1) is 5.41 Å². The van der Waals surface area contributed by atoms with Crippen LogP contribution in [0.25, 0.3) is 6.08 Å². The van der Waals surface area contributed by atoms with E-state index >= 15 is 0 Å². The maximum absolute atomic E-state index is 12.3. The smallest absolute Gasteiger partial charge is 0.339 e. The van der Waals surface area contributed by atoms with Gasteiger partial charge in [-0.25, -0.2) is 4.79 Å². The van der Waals surface area contributed by atoms with Crippen molar-refractivity contribution in [1.29, 1.82) is 5.41 Å². The zero-order chi connectivity index (χ0) is 19.3. The van der Waals surface area contributed by atoms with Gasteiger partial charge in [-0.1, -0.05) is 0 Å². The van der Waals surface area contributed by atoms with Gasteiger partial charge in [-0.15, -0.1) is 12.4 Å². The van der Waals surface area contributed by atoms with Gasteiger partial charge < -0.3 is 25.1 Å². The lowest BCUT2D eigenvalue weighted by Gasteiger charge is -2.10. The van der Waals surface area contributed by atoms with E-state index in [-0.39, 0.29) is 35.3 Å². The van der Waals surface area contributed by atoms with Crippen LogP contribution in [0.5, 0.6) is 23.0 Å². The van der Waals surface area contributed by atoms with E-state index in [0.717, 1.165) is 0 Å². The number of phenolic OH excluding ortho intramolecular Hbond substituents is 1. The highest BCUT2D eigenvalue weighted by molar-refractivity contribution is 5.96. The first-order valence-corrected chi connectivity index (χ1v) is 7.65. The number of rotatable bonds is 6. The number of benzene rings is 2. The van der Waals surface area contributed by atoms with Crippen LogP contribution in [-0.4, -0.2) is 31.1 Å². The van der Waals surface area contributed by atoms with Crippen molar-refractivity contribution >= 4 is 30.3 Å². The Balaban J connectivity index is 0.00000364. The number of esters is 1. The first kappa shape index (κ1) is 21.9. The fourth-order valence-corrected chi connectivity index (χ4v) is 2.17. The molecule has 0 radical (unpaired) electrons. The number of nitrogens with two attached hydrogens (primary N) is 1. The molecular formula is C19H21ClN2O5. The summed E-state index contributed by atoms with van der Waals surface area (Å²) >= 11 is 0. The number of amidine groups is 1. The van der Waals surface area contributed by atoms with Crippen molar-refractivity contribution < 1.29 is 24.1 Å². The lowest BCUT2D eigenvalue weighted by Crippen LogP contribution is -2.12. The molecule has 0 bridgehead atoms. The Labute approximate surface area is 163 Å². The Morgan fingerprint density at radius 3 is 2.26 bits per heavy atom. The number of carbonyl (C=O) groups is 1. The lowest BCUT2D eigenvalue weighted by atomic mass is 10.1. The molecule has 0 fully saturated rings. The van der Waals surface area contributed by atoms with E-state index < -0.39 is 5.97 Å². The largest absolute Gasteiger partial charge is 0.504 e. The highest BCUT2D eigenvalue weighted by Crippen LogP contribution is 2.35. The van der Waals surface area contributed by atoms with Gasteiger partial charge in [-0.2, -0.15) is 0 Å². The first-order valence-electron chi connectivity index (χ1n) is 7.65. The molecule has 7 nitrogen and oxygen atoms in total. The van der Waals surface area contributed by atoms with Gasteiger partial charge in [0.1, 0.15) is 17.3 Å². The van der Waals surface area contributed by atoms with Gasteiger partial charge in [0.2, 0.25) is 0 Å². The van der Waals surface area contributed by atoms with Crippen LogP contribution in [0.15, 0.2) is 42.0 Å². The first-order chi connectivity index (χ1) is 12.3. The summed E-state index contributed by atoms with van der Waals surface area (Å²) in [6, 6.07) is 9.39. The SMILES string of the molecule is COc1cc(/C=C(\C)C(=O)Oc2ccc(C(=N)N)cc2)c(O)c(OC)c1.Cl. The van der Waals surface area contributed by atoms with E-state index in [1.54, 1.807) is 37.3 Å². The maximum Gasteiger partial charge on any atom is 0.339 e. The summed E-state index contributed by atoms with van der Waals surface area (Å²) in [5, 5.41) is 17.5. The number of aromatic hydroxyl groups is 1. The van der Waals surface area contributed by atoms with Crippen molar-refractivity contribution in [1.82, 2.24) is 0 Å². The summed E-state index contributed by atoms with van der Waals surface area (Å²) in [5.41, 5.74) is 6.55. The zero-order valence-corrected chi connectivity index (χ0v) is 15.9. The van der Waals surface area contributed by atoms with E-state index in [1.165, 1.54) is 26.4 Å². The number of halogens is 1. The Morgan fingerprint density at radius 1 is 1.11 bits per heavy atom. The summed E-state index contributed by atoms with van der Waals surface area (Å²) < 4.78 is 15.5. The van der Waals surface area contributed by atoms with Gasteiger partial charge in [-0.3, -0.25) is 5.41 Å². The van der Waals surface area contributed by atoms with Gasteiger partial charge in [0.05, 0.1) is 14.2 Å². The Hall–Kier alpha value is -3.19. The monoisotopic (exact) mass is 392 g/mol. The quantitative estimate of drug-likeness (QED) is 0.229. The van der Waals surface area contributed by atoms with Crippen LogP contribution >= 0.6 is 12.4 Å². The van der Waals surface area contributed by atoms with Gasteiger partial charge in [0.25, 0.3) is 0 Å². The lowest BCUT2D eigenvalue weighted by molar-refractivity contribution is -0.130. The number of hydrogen-bond donors (Lipinski definition) is 3. The van der Waals surface area contributed by atoms with E-state index in [2.05, 4.69) is 0 Å². The van der Waals surface area contributed by atoms with E-state index in [0.29, 0.717) is 22.6 Å². The molecule has 2 aromatic carbocycles. The third-order valence-electron chi connectivity index (χ3n) is 3.60. The molecule has 0 aliphatic carbocycles. The second-order valence-electron chi connectivity index (χ2n) is 5.42. The average molecular weight is 393 g/mol. The molecule has 0 heterocycles. The molecule has 0 aromatic heterocycles. The summed E-state index contributed by atoms with van der Waals surface area (Å²) in [6.07, 6.45) is 1.48. The molecular weight excluding hydrogens is 372 g/mol. The fourth-order valence-electron chi connectivity index (χ4n) is 2.17. The number of nitrogens with one attached hydrogen (secondary N) is 1. The number of methoxy groups -OCH3 is 2. The predicted octanol–water partition coefficient (Wildman–Crippen LogP) is 3.12. The van der Waals surface area contributed by atoms with Crippen molar-refractivity contribution in [3.05, 3.63) is 53.1 Å². The van der Waals surface area contributed by atoms with E-state index in [1.807, 2.05) is 0 Å². The molecule has 144 valence electrons. The second kappa shape index (κ2) is 9.49. The summed E-state index contributed by atoms with van der Waals surface area (Å²) in [4.78, 5) is 12.3. The van der Waals surface area contributed by atoms with Crippen LogP contribution in [0.3, 0.4) is 0 Å². The number of carbonyl (C=O) groups excluding carboxylic acids is 1. The standard InChI is InChI=1S/C19H20N2O5.ClH/c1-11(8-13-9-15(24-2)10-16(25-3)17(13)22)19(23)26-14-6-4-12(5-7-14)18(20)21;/h4-10,22H,1-3H3,(H3,20,21);1H/b11-8+;. The molecule has 0 saturated carbocycles. The molecule has 2 aromatic rings. The number of ether oxygens (including phenoxy) is 3. The van der Waals surface area contributed by atoms with Gasteiger partial charge in [0.15, 0.2) is 11.5 Å². The highest BCUT2D eigenvalue weighted by atomic mass is 35.5. The van der Waals surface area contributed by atoms with Crippen LogP contribution in [-0.2, 0) is 4.79 Å². The molecule has 2 rings (SSSR count). The third-order valence-corrected chi connectivity index (χ3v) is 3.60. The van der Waals surface area contributed by atoms with Crippen molar-refractivity contribution in [2.45, 2.75) is 6.92 Å². The molecule has 0 unspecified atom stereocenters. The zero-order valence-electron chi connectivity index (χ0n) is 15.1. The van der Waals surface area contributed by atoms with Crippen LogP contribution in [0.2, 0.25) is 0 Å². The molecule has 4 N–H and O–H groups in total. The molecule has 0 aliphatic rings. The molecule has 8 heteroatoms. The van der Waals surface area contributed by atoms with Crippen LogP contribution < -0.4 is 19.9 Å². The van der Waals surface area contributed by atoms with Gasteiger partial charge in [0, 0.05) is 22.8 Å². The molecule has 0 aliphatic heterocycles. The number of nitrogen functional groups attached to an aromatic ring is 1. The normalized spacial score (nSPS) is 10.6. The topological polar surface area (TPSA) is 115 Å². The van der Waals surface area contributed by atoms with Crippen molar-refractivity contribution in [3.8, 4) is 23.0 Å². The second-order valence-corrected chi connectivity index (χ2v) is 5.42. The molecule has 27 heavy (non-hydrogen) atoms. The van der Waals surface area contributed by atoms with E-state index in [9.17, 15) is 9.90 Å². The molecule has 0 amide bonds. The minimum absolute atomic E-state index is 0. The number of phenols is 1. The minimum atomic E-state index is -0.582. The average Bonchev–Trinajstić information content (AvgIpc) is 2.63. The maximum atomic E-state index is 12.3. The van der Waals surface area contributed by atoms with Gasteiger partial charge in [-0.05, 0) is 43.3 Å². The van der Waals surface area contributed by atoms with E-state index in [4.69, 9.17) is 25.4 Å². The highest BCUT2D eigenvalue weighted by Gasteiger charge is 2.13. The van der Waals surface area contributed by atoms with Crippen LogP contribution in [0.4, 0.5) is 0 Å². The third kappa shape index (κ3) is 5.39. The van der Waals surface area contributed by atoms with Crippen molar-refractivity contribution in [2.24, 2.45) is 5.73 Å². The summed E-state index contributed by atoms with van der Waals surface area (Å²) in [6.45, 7) is 1.57. The summed E-state index contributed by atoms with van der Waals surface area (Å²) in [5.74, 6) is 0.276. The number of hydrogen-bond acceptors (Lipinski definition) is 6. The summed E-state index contributed by atoms with van der Waals surface area (Å²) in [7, 11) is 2.92.